The van der Waals surface area contributed by atoms with Gasteiger partial charge in [-0.2, -0.15) is 0 Å². The maximum absolute atomic E-state index is 12.6. The number of anilines is 1. The minimum Gasteiger partial charge on any atom is -0.373 e. The summed E-state index contributed by atoms with van der Waals surface area (Å²) in [5.74, 6) is 0.891. The van der Waals surface area contributed by atoms with E-state index in [0.717, 1.165) is 56.1 Å². The molecule has 1 saturated heterocycles. The van der Waals surface area contributed by atoms with Gasteiger partial charge in [0.2, 0.25) is 0 Å². The topological polar surface area (TPSA) is 48.5 Å². The number of hydrogen-bond donors (Lipinski definition) is 1. The van der Waals surface area contributed by atoms with E-state index in [9.17, 15) is 4.79 Å². The Morgan fingerprint density at radius 2 is 2.00 bits per heavy atom. The Morgan fingerprint density at radius 3 is 2.60 bits per heavy atom. The zero-order chi connectivity index (χ0) is 14.5. The third-order valence-corrected chi connectivity index (χ3v) is 3.68. The fourth-order valence-electron chi connectivity index (χ4n) is 2.42. The van der Waals surface area contributed by atoms with E-state index in [-0.39, 0.29) is 5.91 Å². The standard InChI is InChI=1S/C15H24N4O/c1-4-5-13-10-12(11-14(16-2)17-13)15(20)19-8-6-18(3)7-9-19/h10-11H,4-9H2,1-3H3,(H,16,17). The van der Waals surface area contributed by atoms with Crippen LogP contribution in [0.15, 0.2) is 12.1 Å². The summed E-state index contributed by atoms with van der Waals surface area (Å²) in [4.78, 5) is 21.3. The molecule has 1 aromatic rings. The Morgan fingerprint density at radius 1 is 1.30 bits per heavy atom. The van der Waals surface area contributed by atoms with E-state index in [1.165, 1.54) is 0 Å². The van der Waals surface area contributed by atoms with Gasteiger partial charge in [0.05, 0.1) is 0 Å². The van der Waals surface area contributed by atoms with Crippen LogP contribution in [0.3, 0.4) is 0 Å². The summed E-state index contributed by atoms with van der Waals surface area (Å²) in [5.41, 5.74) is 1.73. The van der Waals surface area contributed by atoms with Crippen molar-refractivity contribution >= 4 is 11.7 Å². The van der Waals surface area contributed by atoms with Crippen LogP contribution in [0.5, 0.6) is 0 Å². The van der Waals surface area contributed by atoms with Gasteiger partial charge in [0, 0.05) is 44.5 Å². The number of hydrogen-bond acceptors (Lipinski definition) is 4. The van der Waals surface area contributed by atoms with Crippen LogP contribution in [-0.4, -0.2) is 61.0 Å². The van der Waals surface area contributed by atoms with Gasteiger partial charge in [-0.1, -0.05) is 13.3 Å². The number of carbonyl (C=O) groups is 1. The Labute approximate surface area is 121 Å². The normalized spacial score (nSPS) is 16.2. The lowest BCUT2D eigenvalue weighted by Crippen LogP contribution is -2.47. The highest BCUT2D eigenvalue weighted by atomic mass is 16.2. The molecule has 1 N–H and O–H groups in total. The van der Waals surface area contributed by atoms with Gasteiger partial charge in [0.1, 0.15) is 5.82 Å². The quantitative estimate of drug-likeness (QED) is 0.904. The van der Waals surface area contributed by atoms with Crippen LogP contribution in [-0.2, 0) is 6.42 Å². The summed E-state index contributed by atoms with van der Waals surface area (Å²) < 4.78 is 0. The number of aromatic nitrogens is 1. The van der Waals surface area contributed by atoms with Crippen molar-refractivity contribution in [2.75, 3.05) is 45.6 Å². The molecule has 2 rings (SSSR count). The highest BCUT2D eigenvalue weighted by Gasteiger charge is 2.21. The summed E-state index contributed by atoms with van der Waals surface area (Å²) in [6, 6.07) is 3.78. The van der Waals surface area contributed by atoms with Crippen LogP contribution in [0.1, 0.15) is 29.4 Å². The van der Waals surface area contributed by atoms with Crippen molar-refractivity contribution in [3.63, 3.8) is 0 Å². The highest BCUT2D eigenvalue weighted by Crippen LogP contribution is 2.15. The van der Waals surface area contributed by atoms with Crippen molar-refractivity contribution in [2.24, 2.45) is 0 Å². The molecule has 5 nitrogen and oxygen atoms in total. The Bertz CT molecular complexity index is 467. The molecule has 0 spiro atoms. The summed E-state index contributed by atoms with van der Waals surface area (Å²) >= 11 is 0. The predicted molar refractivity (Wildman–Crippen MR) is 81.2 cm³/mol. The van der Waals surface area contributed by atoms with Gasteiger partial charge in [-0.25, -0.2) is 4.98 Å². The molecular formula is C15H24N4O. The lowest BCUT2D eigenvalue weighted by atomic mass is 10.1. The molecule has 0 bridgehead atoms. The van der Waals surface area contributed by atoms with E-state index in [0.29, 0.717) is 0 Å². The minimum absolute atomic E-state index is 0.120. The zero-order valence-corrected chi connectivity index (χ0v) is 12.6. The molecule has 110 valence electrons. The van der Waals surface area contributed by atoms with Crippen LogP contribution < -0.4 is 5.32 Å². The van der Waals surface area contributed by atoms with Crippen molar-refractivity contribution in [1.29, 1.82) is 0 Å². The van der Waals surface area contributed by atoms with Crippen LogP contribution in [0.4, 0.5) is 5.82 Å². The van der Waals surface area contributed by atoms with Crippen LogP contribution >= 0.6 is 0 Å². The average Bonchev–Trinajstić information content (AvgIpc) is 2.47. The minimum atomic E-state index is 0.120. The molecule has 0 aromatic carbocycles. The van der Waals surface area contributed by atoms with Crippen molar-refractivity contribution in [3.8, 4) is 0 Å². The fourth-order valence-corrected chi connectivity index (χ4v) is 2.42. The summed E-state index contributed by atoms with van der Waals surface area (Å²) in [5, 5.41) is 3.04. The predicted octanol–water partition coefficient (Wildman–Crippen LogP) is 1.46. The Balaban J connectivity index is 2.17. The van der Waals surface area contributed by atoms with Gasteiger partial charge in [0.15, 0.2) is 0 Å². The lowest BCUT2D eigenvalue weighted by molar-refractivity contribution is 0.0664. The van der Waals surface area contributed by atoms with Crippen molar-refractivity contribution in [2.45, 2.75) is 19.8 Å². The average molecular weight is 276 g/mol. The summed E-state index contributed by atoms with van der Waals surface area (Å²) in [6.07, 6.45) is 1.93. The molecule has 0 radical (unpaired) electrons. The molecule has 1 aromatic heterocycles. The number of carbonyl (C=O) groups excluding carboxylic acids is 1. The number of amides is 1. The van der Waals surface area contributed by atoms with Gasteiger partial charge in [-0.3, -0.25) is 4.79 Å². The highest BCUT2D eigenvalue weighted by molar-refractivity contribution is 5.95. The first-order valence-corrected chi connectivity index (χ1v) is 7.30. The maximum Gasteiger partial charge on any atom is 0.254 e. The first-order valence-electron chi connectivity index (χ1n) is 7.30. The van der Waals surface area contributed by atoms with Crippen molar-refractivity contribution in [3.05, 3.63) is 23.4 Å². The van der Waals surface area contributed by atoms with E-state index in [1.807, 2.05) is 24.1 Å². The van der Waals surface area contributed by atoms with Gasteiger partial charge >= 0.3 is 0 Å². The van der Waals surface area contributed by atoms with Crippen LogP contribution in [0.25, 0.3) is 0 Å². The van der Waals surface area contributed by atoms with Gasteiger partial charge in [-0.05, 0) is 25.6 Å². The number of likely N-dealkylation sites (N-methyl/N-ethyl adjacent to an activating group) is 1. The summed E-state index contributed by atoms with van der Waals surface area (Å²) in [6.45, 7) is 5.61. The van der Waals surface area contributed by atoms with Gasteiger partial charge in [-0.15, -0.1) is 0 Å². The number of nitrogens with zero attached hydrogens (tertiary/aromatic N) is 3. The molecule has 2 heterocycles. The molecule has 0 saturated carbocycles. The van der Waals surface area contributed by atoms with Crippen LogP contribution in [0.2, 0.25) is 0 Å². The second-order valence-corrected chi connectivity index (χ2v) is 5.33. The molecular weight excluding hydrogens is 252 g/mol. The first kappa shape index (κ1) is 14.8. The third-order valence-electron chi connectivity index (χ3n) is 3.68. The second kappa shape index (κ2) is 6.70. The first-order chi connectivity index (χ1) is 9.63. The number of pyridine rings is 1. The number of rotatable bonds is 4. The number of piperazine rings is 1. The molecule has 1 fully saturated rings. The largest absolute Gasteiger partial charge is 0.373 e. The smallest absolute Gasteiger partial charge is 0.254 e. The van der Waals surface area contributed by atoms with Gasteiger partial charge < -0.3 is 15.1 Å². The van der Waals surface area contributed by atoms with Gasteiger partial charge in [0.25, 0.3) is 5.91 Å². The van der Waals surface area contributed by atoms with E-state index in [2.05, 4.69) is 29.2 Å². The molecule has 1 amide bonds. The maximum atomic E-state index is 12.6. The Kier molecular flexibility index (Phi) is 4.95. The molecule has 5 heteroatoms. The third kappa shape index (κ3) is 3.48. The SMILES string of the molecule is CCCc1cc(C(=O)N2CCN(C)CC2)cc(NC)n1. The molecule has 1 aliphatic heterocycles. The Hall–Kier alpha value is -1.62. The second-order valence-electron chi connectivity index (χ2n) is 5.33. The van der Waals surface area contributed by atoms with Crippen LogP contribution in [0, 0.1) is 0 Å². The summed E-state index contributed by atoms with van der Waals surface area (Å²) in [7, 11) is 3.93. The van der Waals surface area contributed by atoms with E-state index in [1.54, 1.807) is 0 Å². The molecule has 0 atom stereocenters. The molecule has 1 aliphatic rings. The van der Waals surface area contributed by atoms with Crippen molar-refractivity contribution in [1.82, 2.24) is 14.8 Å². The molecule has 0 unspecified atom stereocenters. The molecule has 0 aliphatic carbocycles. The van der Waals surface area contributed by atoms with E-state index >= 15 is 0 Å². The monoisotopic (exact) mass is 276 g/mol. The fraction of sp³-hybridized carbons (Fsp3) is 0.600. The lowest BCUT2D eigenvalue weighted by Gasteiger charge is -2.32. The molecule has 20 heavy (non-hydrogen) atoms. The van der Waals surface area contributed by atoms with E-state index < -0.39 is 0 Å². The van der Waals surface area contributed by atoms with Crippen molar-refractivity contribution < 1.29 is 4.79 Å². The number of aryl methyl sites for hydroxylation is 1. The number of nitrogens with one attached hydrogen (secondary N) is 1. The van der Waals surface area contributed by atoms with E-state index in [4.69, 9.17) is 0 Å². The zero-order valence-electron chi connectivity index (χ0n) is 12.6.